The van der Waals surface area contributed by atoms with Crippen LogP contribution in [-0.4, -0.2) is 33.6 Å². The van der Waals surface area contributed by atoms with Gasteiger partial charge in [-0.2, -0.15) is 5.10 Å². The Morgan fingerprint density at radius 2 is 1.93 bits per heavy atom. The van der Waals surface area contributed by atoms with Gasteiger partial charge in [-0.25, -0.2) is 8.78 Å². The molecule has 0 spiro atoms. The minimum Gasteiger partial charge on any atom is -0.488 e. The van der Waals surface area contributed by atoms with Crippen LogP contribution in [0, 0.1) is 11.6 Å². The van der Waals surface area contributed by atoms with Crippen molar-refractivity contribution in [3.05, 3.63) is 65.2 Å². The number of thioether (sulfide) groups is 1. The Morgan fingerprint density at radius 3 is 2.66 bits per heavy atom. The average molecular weight is 419 g/mol. The molecule has 1 unspecified atom stereocenters. The second-order valence-corrected chi connectivity index (χ2v) is 7.13. The molecular weight excluding hydrogens is 404 g/mol. The molecule has 150 valence electrons. The summed E-state index contributed by atoms with van der Waals surface area (Å²) in [7, 11) is 0. The summed E-state index contributed by atoms with van der Waals surface area (Å²) in [5.74, 6) is -2.19. The molecule has 1 aliphatic rings. The van der Waals surface area contributed by atoms with Crippen molar-refractivity contribution in [3.63, 3.8) is 0 Å². The summed E-state index contributed by atoms with van der Waals surface area (Å²) in [6, 6.07) is 9.58. The van der Waals surface area contributed by atoms with Crippen molar-refractivity contribution < 1.29 is 28.2 Å². The van der Waals surface area contributed by atoms with Gasteiger partial charge in [-0.1, -0.05) is 23.9 Å². The van der Waals surface area contributed by atoms with Crippen LogP contribution in [0.1, 0.15) is 17.5 Å². The van der Waals surface area contributed by atoms with E-state index in [0.29, 0.717) is 11.1 Å². The highest BCUT2D eigenvalue weighted by Gasteiger charge is 2.32. The van der Waals surface area contributed by atoms with Gasteiger partial charge in [0.1, 0.15) is 29.2 Å². The number of hydrogen-bond acceptors (Lipinski definition) is 6. The van der Waals surface area contributed by atoms with Crippen LogP contribution in [0.15, 0.2) is 52.7 Å². The summed E-state index contributed by atoms with van der Waals surface area (Å²) in [5.41, 5.74) is 1.14. The van der Waals surface area contributed by atoms with Gasteiger partial charge in [0, 0.05) is 11.6 Å². The van der Waals surface area contributed by atoms with Crippen LogP contribution in [-0.2, 0) is 16.2 Å². The topological polar surface area (TPSA) is 100 Å². The molecule has 1 heterocycles. The van der Waals surface area contributed by atoms with Gasteiger partial charge in [-0.3, -0.25) is 9.59 Å². The molecule has 2 N–H and O–H groups in total. The molecule has 1 amide bonds. The Hall–Kier alpha value is -3.27. The maximum Gasteiger partial charge on any atom is 0.305 e. The van der Waals surface area contributed by atoms with E-state index in [9.17, 15) is 18.4 Å². The Balaban J connectivity index is 1.68. The summed E-state index contributed by atoms with van der Waals surface area (Å²) >= 11 is 0.970. The largest absolute Gasteiger partial charge is 0.488 e. The molecule has 0 aromatic heterocycles. The summed E-state index contributed by atoms with van der Waals surface area (Å²) in [6.07, 6.45) is 1.00. The van der Waals surface area contributed by atoms with Gasteiger partial charge >= 0.3 is 5.97 Å². The first-order valence-corrected chi connectivity index (χ1v) is 9.26. The van der Waals surface area contributed by atoms with Crippen LogP contribution in [0.3, 0.4) is 0 Å². The molecule has 0 saturated carbocycles. The second kappa shape index (κ2) is 9.28. The zero-order valence-electron chi connectivity index (χ0n) is 14.8. The zero-order valence-corrected chi connectivity index (χ0v) is 15.7. The van der Waals surface area contributed by atoms with E-state index in [1.807, 2.05) is 0 Å². The zero-order chi connectivity index (χ0) is 20.8. The highest BCUT2D eigenvalue weighted by molar-refractivity contribution is 8.15. The second-order valence-electron chi connectivity index (χ2n) is 5.94. The van der Waals surface area contributed by atoms with E-state index in [2.05, 4.69) is 15.5 Å². The third-order valence-electron chi connectivity index (χ3n) is 3.77. The number of hydrogen-bond donors (Lipinski definition) is 2. The molecule has 2 aromatic carbocycles. The van der Waals surface area contributed by atoms with E-state index >= 15 is 0 Å². The molecule has 0 bridgehead atoms. The maximum absolute atomic E-state index is 13.6. The first-order chi connectivity index (χ1) is 13.9. The van der Waals surface area contributed by atoms with Crippen molar-refractivity contribution in [2.45, 2.75) is 18.3 Å². The molecule has 29 heavy (non-hydrogen) atoms. The predicted octanol–water partition coefficient (Wildman–Crippen LogP) is 2.94. The summed E-state index contributed by atoms with van der Waals surface area (Å²) in [4.78, 5) is 22.4. The van der Waals surface area contributed by atoms with E-state index in [1.165, 1.54) is 36.5 Å². The van der Waals surface area contributed by atoms with Gasteiger partial charge in [0.2, 0.25) is 5.91 Å². The Bertz CT molecular complexity index is 980. The van der Waals surface area contributed by atoms with Crippen molar-refractivity contribution in [2.75, 3.05) is 0 Å². The van der Waals surface area contributed by atoms with Crippen molar-refractivity contribution >= 4 is 35.0 Å². The fourth-order valence-corrected chi connectivity index (χ4v) is 3.29. The lowest BCUT2D eigenvalue weighted by atomic mass is 10.2. The highest BCUT2D eigenvalue weighted by Crippen LogP contribution is 2.23. The number of aliphatic carboxylic acids is 1. The van der Waals surface area contributed by atoms with Gasteiger partial charge in [0.25, 0.3) is 0 Å². The van der Waals surface area contributed by atoms with Crippen LogP contribution < -0.4 is 10.1 Å². The fraction of sp³-hybridized carbons (Fsp3) is 0.158. The number of nitrogens with one attached hydrogen (secondary N) is 1. The van der Waals surface area contributed by atoms with Gasteiger partial charge < -0.3 is 15.2 Å². The number of carbonyl (C=O) groups excluding carboxylic acids is 1. The van der Waals surface area contributed by atoms with Crippen LogP contribution >= 0.6 is 11.8 Å². The average Bonchev–Trinajstić information content (AvgIpc) is 3.01. The molecular formula is C19H15F2N3O4S. The Labute approximate surface area is 168 Å². The summed E-state index contributed by atoms with van der Waals surface area (Å²) in [5, 5.41) is 18.3. The summed E-state index contributed by atoms with van der Waals surface area (Å²) in [6.45, 7) is 0.0991. The number of ether oxygens (including phenoxy) is 1. The smallest absolute Gasteiger partial charge is 0.305 e. The highest BCUT2D eigenvalue weighted by atomic mass is 32.2. The minimum atomic E-state index is -1.09. The van der Waals surface area contributed by atoms with Crippen LogP contribution in [0.25, 0.3) is 0 Å². The van der Waals surface area contributed by atoms with Crippen molar-refractivity contribution in [1.82, 2.24) is 5.32 Å². The molecule has 10 heteroatoms. The third-order valence-corrected chi connectivity index (χ3v) is 4.84. The van der Waals surface area contributed by atoms with Crippen molar-refractivity contribution in [1.29, 1.82) is 0 Å². The number of benzene rings is 2. The standard InChI is InChI=1S/C19H15F2N3O4S/c20-13-4-1-11(2-5-13)10-28-15-7-14(21)6-3-12(15)9-22-24-19-23-18(27)16(29-19)8-17(25)26/h1-7,9,16H,8,10H2,(H,25,26)(H,23,24,27). The van der Waals surface area contributed by atoms with E-state index in [-0.39, 0.29) is 29.8 Å². The molecule has 0 radical (unpaired) electrons. The van der Waals surface area contributed by atoms with Gasteiger partial charge in [0.05, 0.1) is 12.6 Å². The molecule has 1 atom stereocenters. The molecule has 7 nitrogen and oxygen atoms in total. The number of amidine groups is 1. The number of rotatable bonds is 7. The molecule has 3 rings (SSSR count). The third kappa shape index (κ3) is 5.85. The molecule has 1 saturated heterocycles. The normalized spacial score (nSPS) is 17.7. The van der Waals surface area contributed by atoms with Crippen molar-refractivity contribution in [3.8, 4) is 5.75 Å². The van der Waals surface area contributed by atoms with E-state index in [0.717, 1.165) is 11.8 Å². The fourth-order valence-electron chi connectivity index (χ4n) is 2.37. The van der Waals surface area contributed by atoms with Crippen LogP contribution in [0.2, 0.25) is 0 Å². The predicted molar refractivity (Wildman–Crippen MR) is 104 cm³/mol. The van der Waals surface area contributed by atoms with Crippen LogP contribution in [0.5, 0.6) is 5.75 Å². The number of halogens is 2. The van der Waals surface area contributed by atoms with Crippen LogP contribution in [0.4, 0.5) is 8.78 Å². The molecule has 2 aromatic rings. The molecule has 1 aliphatic heterocycles. The molecule has 1 fully saturated rings. The number of carboxylic acids is 1. The lowest BCUT2D eigenvalue weighted by molar-refractivity contribution is -0.138. The summed E-state index contributed by atoms with van der Waals surface area (Å²) < 4.78 is 32.2. The van der Waals surface area contributed by atoms with Gasteiger partial charge in [-0.15, -0.1) is 5.10 Å². The number of carbonyl (C=O) groups is 2. The number of amides is 1. The lowest BCUT2D eigenvalue weighted by Crippen LogP contribution is -2.26. The first kappa shape index (κ1) is 20.5. The van der Waals surface area contributed by atoms with Gasteiger partial charge in [0.15, 0.2) is 5.17 Å². The van der Waals surface area contributed by atoms with E-state index in [1.54, 1.807) is 12.1 Å². The number of carboxylic acid groups (broad SMARTS) is 1. The Morgan fingerprint density at radius 1 is 1.21 bits per heavy atom. The van der Waals surface area contributed by atoms with E-state index in [4.69, 9.17) is 9.84 Å². The quantitative estimate of drug-likeness (QED) is 0.531. The molecule has 0 aliphatic carbocycles. The first-order valence-electron chi connectivity index (χ1n) is 8.38. The maximum atomic E-state index is 13.6. The van der Waals surface area contributed by atoms with Gasteiger partial charge in [-0.05, 0) is 29.8 Å². The Kier molecular flexibility index (Phi) is 6.55. The SMILES string of the molecule is O=C(O)CC1SC(=NN=Cc2ccc(F)cc2OCc2ccc(F)cc2)NC1=O. The van der Waals surface area contributed by atoms with E-state index < -0.39 is 22.9 Å². The van der Waals surface area contributed by atoms with Crippen molar-refractivity contribution in [2.24, 2.45) is 10.2 Å². The monoisotopic (exact) mass is 419 g/mol. The number of nitrogens with zero attached hydrogens (tertiary/aromatic N) is 2. The minimum absolute atomic E-state index is 0.0991. The lowest BCUT2D eigenvalue weighted by Gasteiger charge is -2.09.